The molecule has 0 bridgehead atoms. The predicted molar refractivity (Wildman–Crippen MR) is 131 cm³/mol. The Morgan fingerprint density at radius 1 is 1.00 bits per heavy atom. The topological polar surface area (TPSA) is 80.3 Å². The first-order valence-electron chi connectivity index (χ1n) is 9.90. The smallest absolute Gasteiger partial charge is 0.255 e. The van der Waals surface area contributed by atoms with Gasteiger partial charge >= 0.3 is 0 Å². The third-order valence-electron chi connectivity index (χ3n) is 4.65. The molecule has 162 valence electrons. The summed E-state index contributed by atoms with van der Waals surface area (Å²) in [5.41, 5.74) is 2.07. The second kappa shape index (κ2) is 9.84. The normalized spacial score (nSPS) is 11.7. The number of benzene rings is 3. The highest BCUT2D eigenvalue weighted by Crippen LogP contribution is 2.29. The SMILES string of the molecule is COc1ccc(C(=O)Nc2cccc(SC(C)C(=O)Nc3nc4ccccc4s3)c2)cc1. The van der Waals surface area contributed by atoms with E-state index >= 15 is 0 Å². The Balaban J connectivity index is 1.37. The van der Waals surface area contributed by atoms with E-state index in [1.54, 1.807) is 31.4 Å². The van der Waals surface area contributed by atoms with E-state index in [4.69, 9.17) is 4.74 Å². The summed E-state index contributed by atoms with van der Waals surface area (Å²) in [6.45, 7) is 1.84. The Kier molecular flexibility index (Phi) is 6.72. The second-order valence-electron chi connectivity index (χ2n) is 6.95. The summed E-state index contributed by atoms with van der Waals surface area (Å²) in [4.78, 5) is 30.5. The minimum absolute atomic E-state index is 0.123. The van der Waals surface area contributed by atoms with Crippen molar-refractivity contribution in [2.75, 3.05) is 17.7 Å². The van der Waals surface area contributed by atoms with Crippen molar-refractivity contribution < 1.29 is 14.3 Å². The molecule has 2 amide bonds. The fourth-order valence-corrected chi connectivity index (χ4v) is 4.78. The number of anilines is 2. The van der Waals surface area contributed by atoms with Gasteiger partial charge in [0.1, 0.15) is 5.75 Å². The van der Waals surface area contributed by atoms with Crippen LogP contribution in [0.2, 0.25) is 0 Å². The van der Waals surface area contributed by atoms with Crippen LogP contribution in [-0.4, -0.2) is 29.2 Å². The van der Waals surface area contributed by atoms with Crippen LogP contribution in [0.3, 0.4) is 0 Å². The number of ether oxygens (including phenoxy) is 1. The lowest BCUT2D eigenvalue weighted by Crippen LogP contribution is -2.22. The number of nitrogens with zero attached hydrogens (tertiary/aromatic N) is 1. The molecule has 0 saturated carbocycles. The first-order chi connectivity index (χ1) is 15.5. The van der Waals surface area contributed by atoms with Crippen LogP contribution >= 0.6 is 23.1 Å². The predicted octanol–water partition coefficient (Wildman–Crippen LogP) is 5.68. The zero-order valence-electron chi connectivity index (χ0n) is 17.5. The molecule has 0 fully saturated rings. The number of carbonyl (C=O) groups is 2. The molecule has 0 radical (unpaired) electrons. The number of hydrogen-bond acceptors (Lipinski definition) is 6. The summed E-state index contributed by atoms with van der Waals surface area (Å²) in [5, 5.41) is 6.04. The minimum Gasteiger partial charge on any atom is -0.497 e. The minimum atomic E-state index is -0.338. The highest BCUT2D eigenvalue weighted by Gasteiger charge is 2.17. The van der Waals surface area contributed by atoms with Gasteiger partial charge in [0.15, 0.2) is 5.13 Å². The van der Waals surface area contributed by atoms with Crippen LogP contribution in [0.4, 0.5) is 10.8 Å². The van der Waals surface area contributed by atoms with Crippen LogP contribution in [0.1, 0.15) is 17.3 Å². The van der Waals surface area contributed by atoms with Gasteiger partial charge in [-0.3, -0.25) is 9.59 Å². The molecule has 0 aliphatic rings. The number of thioether (sulfide) groups is 1. The molecule has 6 nitrogen and oxygen atoms in total. The van der Waals surface area contributed by atoms with Crippen LogP contribution in [0.5, 0.6) is 5.75 Å². The summed E-state index contributed by atoms with van der Waals surface area (Å²) in [6.07, 6.45) is 0. The average molecular weight is 464 g/mol. The van der Waals surface area contributed by atoms with E-state index in [9.17, 15) is 9.59 Å². The second-order valence-corrected chi connectivity index (χ2v) is 9.39. The summed E-state index contributed by atoms with van der Waals surface area (Å²) in [7, 11) is 1.58. The van der Waals surface area contributed by atoms with Crippen molar-refractivity contribution in [3.8, 4) is 5.75 Å². The first kappa shape index (κ1) is 21.9. The van der Waals surface area contributed by atoms with E-state index in [0.29, 0.717) is 22.1 Å². The Morgan fingerprint density at radius 2 is 1.78 bits per heavy atom. The van der Waals surface area contributed by atoms with Crippen molar-refractivity contribution >= 4 is 55.9 Å². The number of amides is 2. The average Bonchev–Trinajstić information content (AvgIpc) is 3.21. The third-order valence-corrected chi connectivity index (χ3v) is 6.70. The molecule has 3 aromatic carbocycles. The molecule has 0 spiro atoms. The first-order valence-corrected chi connectivity index (χ1v) is 11.6. The zero-order chi connectivity index (χ0) is 22.5. The van der Waals surface area contributed by atoms with Gasteiger partial charge < -0.3 is 15.4 Å². The zero-order valence-corrected chi connectivity index (χ0v) is 19.1. The van der Waals surface area contributed by atoms with E-state index in [-0.39, 0.29) is 17.1 Å². The van der Waals surface area contributed by atoms with Gasteiger partial charge in [-0.25, -0.2) is 4.98 Å². The number of aromatic nitrogens is 1. The lowest BCUT2D eigenvalue weighted by Gasteiger charge is -2.12. The summed E-state index contributed by atoms with van der Waals surface area (Å²) in [5.74, 6) is 0.358. The third kappa shape index (κ3) is 5.27. The summed E-state index contributed by atoms with van der Waals surface area (Å²) < 4.78 is 6.15. The number of hydrogen-bond donors (Lipinski definition) is 2. The van der Waals surface area contributed by atoms with Crippen molar-refractivity contribution in [1.29, 1.82) is 0 Å². The maximum absolute atomic E-state index is 12.6. The number of rotatable bonds is 7. The van der Waals surface area contributed by atoms with Gasteiger partial charge in [0, 0.05) is 16.1 Å². The van der Waals surface area contributed by atoms with Crippen molar-refractivity contribution in [2.24, 2.45) is 0 Å². The van der Waals surface area contributed by atoms with Gasteiger partial charge in [-0.05, 0) is 61.5 Å². The maximum Gasteiger partial charge on any atom is 0.255 e. The lowest BCUT2D eigenvalue weighted by atomic mass is 10.2. The largest absolute Gasteiger partial charge is 0.497 e. The van der Waals surface area contributed by atoms with E-state index < -0.39 is 0 Å². The molecule has 4 rings (SSSR count). The fraction of sp³-hybridized carbons (Fsp3) is 0.125. The molecule has 0 saturated heterocycles. The number of para-hydroxylation sites is 1. The van der Waals surface area contributed by atoms with Crippen LogP contribution in [0, 0.1) is 0 Å². The van der Waals surface area contributed by atoms with Crippen molar-refractivity contribution in [3.63, 3.8) is 0 Å². The molecule has 1 atom stereocenters. The van der Waals surface area contributed by atoms with Crippen LogP contribution in [-0.2, 0) is 4.79 Å². The number of methoxy groups -OCH3 is 1. The molecule has 1 unspecified atom stereocenters. The number of nitrogens with one attached hydrogen (secondary N) is 2. The Morgan fingerprint density at radius 3 is 2.53 bits per heavy atom. The molecule has 8 heteroatoms. The quantitative estimate of drug-likeness (QED) is 0.345. The molecular formula is C24H21N3O3S2. The van der Waals surface area contributed by atoms with Crippen LogP contribution in [0.25, 0.3) is 10.2 Å². The monoisotopic (exact) mass is 463 g/mol. The molecule has 0 aliphatic carbocycles. The van der Waals surface area contributed by atoms with E-state index in [1.807, 2.05) is 55.5 Å². The molecule has 0 aliphatic heterocycles. The Labute approximate surface area is 194 Å². The van der Waals surface area contributed by atoms with E-state index in [2.05, 4.69) is 15.6 Å². The van der Waals surface area contributed by atoms with Crippen molar-refractivity contribution in [2.45, 2.75) is 17.1 Å². The highest BCUT2D eigenvalue weighted by atomic mass is 32.2. The number of thiazole rings is 1. The molecule has 4 aromatic rings. The fourth-order valence-electron chi connectivity index (χ4n) is 2.98. The summed E-state index contributed by atoms with van der Waals surface area (Å²) >= 11 is 2.87. The van der Waals surface area contributed by atoms with E-state index in [1.165, 1.54) is 23.1 Å². The van der Waals surface area contributed by atoms with Gasteiger partial charge in [0.05, 0.1) is 22.6 Å². The Hall–Kier alpha value is -3.36. The standard InChI is InChI=1S/C24H21N3O3S2/c1-15(22(28)27-24-26-20-8-3-4-9-21(20)32-24)31-19-7-5-6-17(14-19)25-23(29)16-10-12-18(30-2)13-11-16/h3-15H,1-2H3,(H,25,29)(H,26,27,28). The molecule has 1 aromatic heterocycles. The number of fused-ring (bicyclic) bond motifs is 1. The van der Waals surface area contributed by atoms with Crippen LogP contribution < -0.4 is 15.4 Å². The lowest BCUT2D eigenvalue weighted by molar-refractivity contribution is -0.115. The van der Waals surface area contributed by atoms with Crippen molar-refractivity contribution in [3.05, 3.63) is 78.4 Å². The van der Waals surface area contributed by atoms with Gasteiger partial charge in [-0.2, -0.15) is 0 Å². The highest BCUT2D eigenvalue weighted by molar-refractivity contribution is 8.00. The van der Waals surface area contributed by atoms with Crippen LogP contribution in [0.15, 0.2) is 77.7 Å². The maximum atomic E-state index is 12.6. The molecule has 1 heterocycles. The van der Waals surface area contributed by atoms with Gasteiger partial charge in [-0.15, -0.1) is 11.8 Å². The Bertz CT molecular complexity index is 1220. The van der Waals surface area contributed by atoms with Gasteiger partial charge in [-0.1, -0.05) is 29.5 Å². The number of carbonyl (C=O) groups excluding carboxylic acids is 2. The molecular weight excluding hydrogens is 442 g/mol. The van der Waals surface area contributed by atoms with Gasteiger partial charge in [0.25, 0.3) is 5.91 Å². The molecule has 2 N–H and O–H groups in total. The molecule has 32 heavy (non-hydrogen) atoms. The van der Waals surface area contributed by atoms with Gasteiger partial charge in [0.2, 0.25) is 5.91 Å². The summed E-state index contributed by atoms with van der Waals surface area (Å²) in [6, 6.07) is 22.1. The van der Waals surface area contributed by atoms with E-state index in [0.717, 1.165) is 15.1 Å². The van der Waals surface area contributed by atoms with Crippen molar-refractivity contribution in [1.82, 2.24) is 4.98 Å².